The number of carbonyl (C=O) groups is 2. The quantitative estimate of drug-likeness (QED) is 0.714. The van der Waals surface area contributed by atoms with Gasteiger partial charge in [-0.25, -0.2) is 4.98 Å². The Morgan fingerprint density at radius 3 is 2.52 bits per heavy atom. The second-order valence-electron chi connectivity index (χ2n) is 5.55. The van der Waals surface area contributed by atoms with Crippen LogP contribution in [0.1, 0.15) is 25.1 Å². The van der Waals surface area contributed by atoms with Crippen LogP contribution in [0.4, 0.5) is 5.69 Å². The van der Waals surface area contributed by atoms with E-state index in [1.807, 2.05) is 50.4 Å². The van der Waals surface area contributed by atoms with Crippen molar-refractivity contribution in [1.82, 2.24) is 9.88 Å². The van der Waals surface area contributed by atoms with Crippen molar-refractivity contribution in [3.05, 3.63) is 40.9 Å². The van der Waals surface area contributed by atoms with Gasteiger partial charge in [-0.3, -0.25) is 9.59 Å². The lowest BCUT2D eigenvalue weighted by atomic mass is 10.2. The van der Waals surface area contributed by atoms with E-state index >= 15 is 0 Å². The number of hydrogen-bond donors (Lipinski definition) is 1. The lowest BCUT2D eigenvalue weighted by Gasteiger charge is -2.17. The summed E-state index contributed by atoms with van der Waals surface area (Å²) in [6.45, 7) is 7.36. The van der Waals surface area contributed by atoms with Crippen molar-refractivity contribution in [3.8, 4) is 0 Å². The average Bonchev–Trinajstić information content (AvgIpc) is 3.03. The third-order valence-corrected chi connectivity index (χ3v) is 5.71. The summed E-state index contributed by atoms with van der Waals surface area (Å²) in [4.78, 5) is 30.3. The highest BCUT2D eigenvalue weighted by atomic mass is 32.2. The van der Waals surface area contributed by atoms with Crippen LogP contribution in [0.5, 0.6) is 0 Å². The molecule has 1 heterocycles. The second kappa shape index (κ2) is 9.58. The van der Waals surface area contributed by atoms with Gasteiger partial charge in [-0.05, 0) is 32.9 Å². The van der Waals surface area contributed by atoms with Crippen molar-refractivity contribution < 1.29 is 9.59 Å². The van der Waals surface area contributed by atoms with Crippen molar-refractivity contribution in [2.75, 3.05) is 24.2 Å². The number of aryl methyl sites for hydroxylation is 1. The summed E-state index contributed by atoms with van der Waals surface area (Å²) in [5.74, 6) is 0.318. The van der Waals surface area contributed by atoms with E-state index in [1.165, 1.54) is 23.1 Å². The molecule has 7 heteroatoms. The maximum atomic E-state index is 12.1. The van der Waals surface area contributed by atoms with E-state index in [0.29, 0.717) is 25.3 Å². The molecule has 5 nitrogen and oxygen atoms in total. The lowest BCUT2D eigenvalue weighted by molar-refractivity contribution is -0.130. The topological polar surface area (TPSA) is 62.3 Å². The molecule has 0 saturated carbocycles. The largest absolute Gasteiger partial charge is 0.343 e. The van der Waals surface area contributed by atoms with Crippen molar-refractivity contribution in [2.45, 2.75) is 31.5 Å². The molecule has 0 aliphatic rings. The van der Waals surface area contributed by atoms with Crippen LogP contribution in [-0.2, 0) is 16.0 Å². The Morgan fingerprint density at radius 2 is 1.88 bits per heavy atom. The summed E-state index contributed by atoms with van der Waals surface area (Å²) in [5, 5.41) is 4.76. The third kappa shape index (κ3) is 6.17. The lowest BCUT2D eigenvalue weighted by Crippen LogP contribution is -2.31. The zero-order valence-corrected chi connectivity index (χ0v) is 16.4. The molecule has 0 aliphatic heterocycles. The monoisotopic (exact) mass is 377 g/mol. The number of likely N-dealkylation sites (N-methyl/N-ethyl adjacent to an activating group) is 1. The Balaban J connectivity index is 1.81. The first kappa shape index (κ1) is 19.5. The summed E-state index contributed by atoms with van der Waals surface area (Å²) in [5.41, 5.74) is 2.71. The van der Waals surface area contributed by atoms with Gasteiger partial charge in [-0.15, -0.1) is 11.3 Å². The van der Waals surface area contributed by atoms with Crippen LogP contribution in [0.15, 0.2) is 34.0 Å². The molecule has 2 amide bonds. The highest BCUT2D eigenvalue weighted by molar-refractivity contribution is 8.01. The fourth-order valence-corrected chi connectivity index (χ4v) is 3.88. The minimum Gasteiger partial charge on any atom is -0.343 e. The van der Waals surface area contributed by atoms with E-state index in [9.17, 15) is 9.59 Å². The molecular formula is C18H23N3O2S2. The number of amides is 2. The van der Waals surface area contributed by atoms with Gasteiger partial charge in [-0.1, -0.05) is 29.5 Å². The number of aromatic nitrogens is 1. The standard InChI is InChI=1S/C18H23N3O2S2/c1-4-21(5-2)17(23)10-15-11-24-18(20-15)25-12-16(22)19-14-8-6-13(3)7-9-14/h6-9,11H,4-5,10,12H2,1-3H3,(H,19,22). The van der Waals surface area contributed by atoms with E-state index in [0.717, 1.165) is 21.3 Å². The zero-order valence-electron chi connectivity index (χ0n) is 14.7. The van der Waals surface area contributed by atoms with E-state index in [-0.39, 0.29) is 11.8 Å². The van der Waals surface area contributed by atoms with Crippen molar-refractivity contribution in [1.29, 1.82) is 0 Å². The molecule has 0 radical (unpaired) electrons. The summed E-state index contributed by atoms with van der Waals surface area (Å²) < 4.78 is 0.807. The molecule has 0 atom stereocenters. The summed E-state index contributed by atoms with van der Waals surface area (Å²) in [6.07, 6.45) is 0.314. The van der Waals surface area contributed by atoms with E-state index < -0.39 is 0 Å². The Labute approximate surface area is 156 Å². The number of thiazole rings is 1. The van der Waals surface area contributed by atoms with Crippen LogP contribution >= 0.6 is 23.1 Å². The molecule has 0 saturated heterocycles. The SMILES string of the molecule is CCN(CC)C(=O)Cc1csc(SCC(=O)Nc2ccc(C)cc2)n1. The van der Waals surface area contributed by atoms with E-state index in [2.05, 4.69) is 10.3 Å². The molecule has 0 bridgehead atoms. The molecule has 25 heavy (non-hydrogen) atoms. The molecule has 1 N–H and O–H groups in total. The van der Waals surface area contributed by atoms with Gasteiger partial charge in [0.05, 0.1) is 17.9 Å². The third-order valence-electron chi connectivity index (χ3n) is 3.64. The van der Waals surface area contributed by atoms with Crippen LogP contribution in [0.3, 0.4) is 0 Å². The molecular weight excluding hydrogens is 354 g/mol. The Kier molecular flexibility index (Phi) is 7.46. The highest BCUT2D eigenvalue weighted by Gasteiger charge is 2.13. The van der Waals surface area contributed by atoms with Crippen LogP contribution in [-0.4, -0.2) is 40.5 Å². The minimum atomic E-state index is -0.0650. The van der Waals surface area contributed by atoms with Gasteiger partial charge < -0.3 is 10.2 Å². The van der Waals surface area contributed by atoms with Crippen molar-refractivity contribution >= 4 is 40.6 Å². The first-order valence-corrected chi connectivity index (χ1v) is 10.1. The highest BCUT2D eigenvalue weighted by Crippen LogP contribution is 2.23. The van der Waals surface area contributed by atoms with Crippen molar-refractivity contribution in [3.63, 3.8) is 0 Å². The van der Waals surface area contributed by atoms with Gasteiger partial charge in [0.25, 0.3) is 0 Å². The van der Waals surface area contributed by atoms with Crippen molar-refractivity contribution in [2.24, 2.45) is 0 Å². The predicted octanol–water partition coefficient (Wildman–Crippen LogP) is 3.59. The number of nitrogens with one attached hydrogen (secondary N) is 1. The number of nitrogens with zero attached hydrogens (tertiary/aromatic N) is 2. The molecule has 0 spiro atoms. The second-order valence-corrected chi connectivity index (χ2v) is 7.63. The van der Waals surface area contributed by atoms with Gasteiger partial charge >= 0.3 is 0 Å². The molecule has 2 aromatic rings. The average molecular weight is 378 g/mol. The number of thioether (sulfide) groups is 1. The minimum absolute atomic E-state index is 0.0650. The number of hydrogen-bond acceptors (Lipinski definition) is 5. The summed E-state index contributed by atoms with van der Waals surface area (Å²) in [7, 11) is 0. The van der Waals surface area contributed by atoms with Crippen LogP contribution in [0, 0.1) is 6.92 Å². The number of benzene rings is 1. The smallest absolute Gasteiger partial charge is 0.234 e. The first-order valence-electron chi connectivity index (χ1n) is 8.23. The summed E-state index contributed by atoms with van der Waals surface area (Å²) in [6, 6.07) is 7.70. The van der Waals surface area contributed by atoms with Gasteiger partial charge in [0.15, 0.2) is 4.34 Å². The van der Waals surface area contributed by atoms with Crippen LogP contribution < -0.4 is 5.32 Å². The molecule has 134 valence electrons. The number of carbonyl (C=O) groups excluding carboxylic acids is 2. The van der Waals surface area contributed by atoms with Gasteiger partial charge in [0.2, 0.25) is 11.8 Å². The Bertz CT molecular complexity index is 709. The number of rotatable bonds is 8. The van der Waals surface area contributed by atoms with Gasteiger partial charge in [0.1, 0.15) is 0 Å². The summed E-state index contributed by atoms with van der Waals surface area (Å²) >= 11 is 2.86. The predicted molar refractivity (Wildman–Crippen MR) is 104 cm³/mol. The fraction of sp³-hybridized carbons (Fsp3) is 0.389. The van der Waals surface area contributed by atoms with E-state index in [4.69, 9.17) is 0 Å². The maximum absolute atomic E-state index is 12.1. The zero-order chi connectivity index (χ0) is 18.2. The fourth-order valence-electron chi connectivity index (χ4n) is 2.24. The maximum Gasteiger partial charge on any atom is 0.234 e. The van der Waals surface area contributed by atoms with Gasteiger partial charge in [0, 0.05) is 24.2 Å². The molecule has 1 aromatic heterocycles. The molecule has 1 aromatic carbocycles. The molecule has 0 fully saturated rings. The Morgan fingerprint density at radius 1 is 1.20 bits per heavy atom. The van der Waals surface area contributed by atoms with Gasteiger partial charge in [-0.2, -0.15) is 0 Å². The Hall–Kier alpha value is -1.86. The van der Waals surface area contributed by atoms with Crippen LogP contribution in [0.25, 0.3) is 0 Å². The van der Waals surface area contributed by atoms with E-state index in [1.54, 1.807) is 4.90 Å². The normalized spacial score (nSPS) is 10.5. The molecule has 0 aliphatic carbocycles. The van der Waals surface area contributed by atoms with Crippen LogP contribution in [0.2, 0.25) is 0 Å². The molecule has 0 unspecified atom stereocenters. The molecule has 2 rings (SSSR count). The number of anilines is 1. The first-order chi connectivity index (χ1) is 12.0.